The normalized spacial score (nSPS) is 24.0. The van der Waals surface area contributed by atoms with Gasteiger partial charge in [-0.15, -0.1) is 0 Å². The number of esters is 6. The molecule has 0 aromatic heterocycles. The van der Waals surface area contributed by atoms with E-state index in [4.69, 9.17) is 76.2 Å². The van der Waals surface area contributed by atoms with Crippen LogP contribution < -0.4 is 37.2 Å². The Labute approximate surface area is 690 Å². The number of rotatable bonds is 57. The molecule has 4 saturated heterocycles. The van der Waals surface area contributed by atoms with Crippen LogP contribution in [0.4, 0.5) is 0 Å². The molecule has 8 N–H and O–H groups in total. The van der Waals surface area contributed by atoms with Crippen molar-refractivity contribution in [3.05, 3.63) is 0 Å². The molecule has 0 aromatic carbocycles. The molecule has 4 aliphatic heterocycles. The van der Waals surface area contributed by atoms with Crippen LogP contribution in [-0.2, 0) is 143 Å². The predicted octanol–water partition coefficient (Wildman–Crippen LogP) is 1.94. The average molecular weight is 1690 g/mol. The molecule has 4 heterocycles. The molecule has 0 aromatic rings. The van der Waals surface area contributed by atoms with Crippen LogP contribution in [0, 0.1) is 23.7 Å². The molecule has 4 fully saturated rings. The molecule has 15 unspecified atom stereocenters. The van der Waals surface area contributed by atoms with Crippen LogP contribution in [0.15, 0.2) is 0 Å². The van der Waals surface area contributed by atoms with Gasteiger partial charge in [0, 0.05) is 165 Å². The Kier molecular flexibility index (Phi) is 48.0. The van der Waals surface area contributed by atoms with Crippen molar-refractivity contribution in [2.75, 3.05) is 112 Å². The van der Waals surface area contributed by atoms with Gasteiger partial charge in [0.05, 0.1) is 63.7 Å². The Bertz CT molecular complexity index is 2920. The molecule has 0 aliphatic carbocycles. The number of amides is 8. The third kappa shape index (κ3) is 40.2. The first-order valence-electron chi connectivity index (χ1n) is 41.0. The zero-order chi connectivity index (χ0) is 87.3. The van der Waals surface area contributed by atoms with Gasteiger partial charge in [-0.3, -0.25) is 71.9 Å². The second-order valence-electron chi connectivity index (χ2n) is 30.3. The van der Waals surface area contributed by atoms with E-state index in [9.17, 15) is 71.9 Å². The van der Waals surface area contributed by atoms with Crippen molar-refractivity contribution < 1.29 is 148 Å². The summed E-state index contributed by atoms with van der Waals surface area (Å²) in [5, 5.41) is 29.3. The molecule has 15 atom stereocenters. The lowest BCUT2D eigenvalue weighted by atomic mass is 9.88. The lowest BCUT2D eigenvalue weighted by Crippen LogP contribution is -2.64. The van der Waals surface area contributed by atoms with Crippen molar-refractivity contribution >= 4 is 89.0 Å². The zero-order valence-corrected chi connectivity index (χ0v) is 70.6. The summed E-state index contributed by atoms with van der Waals surface area (Å²) < 4.78 is 87.3. The van der Waals surface area contributed by atoms with Crippen LogP contribution in [0.25, 0.3) is 0 Å². The third-order valence-corrected chi connectivity index (χ3v) is 19.9. The highest BCUT2D eigenvalue weighted by molar-refractivity contribution is 5.85. The third-order valence-electron chi connectivity index (χ3n) is 19.9. The molecule has 4 aliphatic rings. The number of aliphatic carboxylic acids is 1. The summed E-state index contributed by atoms with van der Waals surface area (Å²) in [5.41, 5.74) is -1.50. The minimum absolute atomic E-state index is 0.0284. The van der Waals surface area contributed by atoms with E-state index in [-0.39, 0.29) is 172 Å². The summed E-state index contributed by atoms with van der Waals surface area (Å²) in [6, 6.07) is -2.08. The number of carbonyl (C=O) groups excluding carboxylic acids is 14. The Morgan fingerprint density at radius 3 is 0.966 bits per heavy atom. The quantitative estimate of drug-likeness (QED) is 0.0245. The minimum atomic E-state index is -1.50. The number of carboxylic acids is 1. The van der Waals surface area contributed by atoms with Gasteiger partial charge in [0.2, 0.25) is 47.3 Å². The molecule has 0 radical (unpaired) electrons. The second kappa shape index (κ2) is 55.5. The lowest BCUT2D eigenvalue weighted by Gasteiger charge is -2.44. The summed E-state index contributed by atoms with van der Waals surface area (Å²) in [7, 11) is 0. The van der Waals surface area contributed by atoms with Gasteiger partial charge in [-0.2, -0.15) is 0 Å². The Hall–Kier alpha value is -8.31. The van der Waals surface area contributed by atoms with Crippen LogP contribution in [-0.4, -0.2) is 290 Å². The summed E-state index contributed by atoms with van der Waals surface area (Å²) in [6.45, 7) is 16.7. The van der Waals surface area contributed by atoms with Gasteiger partial charge in [-0.05, 0) is 44.9 Å². The lowest BCUT2D eigenvalue weighted by molar-refractivity contribution is -0.262. The topological polar surface area (TPSA) is 502 Å². The van der Waals surface area contributed by atoms with Crippen molar-refractivity contribution in [1.29, 1.82) is 0 Å². The Morgan fingerprint density at radius 1 is 0.381 bits per heavy atom. The number of hydrogen-bond acceptors (Lipinski definition) is 30. The maximum absolute atomic E-state index is 14.3. The van der Waals surface area contributed by atoms with Gasteiger partial charge >= 0.3 is 41.8 Å². The maximum Gasteiger partial charge on any atom is 0.303 e. The summed E-state index contributed by atoms with van der Waals surface area (Å²) in [5.74, 6) is -9.44. The number of nitrogens with one attached hydrogen (secondary N) is 7. The fourth-order valence-corrected chi connectivity index (χ4v) is 13.8. The minimum Gasteiger partial charge on any atom is -0.481 e. The van der Waals surface area contributed by atoms with E-state index in [1.54, 1.807) is 20.8 Å². The molecule has 0 spiro atoms. The van der Waals surface area contributed by atoms with Crippen LogP contribution in [0.5, 0.6) is 0 Å². The van der Waals surface area contributed by atoms with Crippen LogP contribution in [0.3, 0.4) is 0 Å². The monoisotopic (exact) mass is 1690 g/mol. The van der Waals surface area contributed by atoms with Crippen LogP contribution >= 0.6 is 0 Å². The molecule has 39 nitrogen and oxygen atoms in total. The van der Waals surface area contributed by atoms with Gasteiger partial charge in [0.25, 0.3) is 0 Å². The van der Waals surface area contributed by atoms with E-state index in [1.165, 1.54) is 67.2 Å². The van der Waals surface area contributed by atoms with Gasteiger partial charge in [-0.1, -0.05) is 59.3 Å². The van der Waals surface area contributed by atoms with Gasteiger partial charge in [0.1, 0.15) is 62.0 Å². The molecular weight excluding hydrogens is 1560 g/mol. The largest absolute Gasteiger partial charge is 0.481 e. The highest BCUT2D eigenvalue weighted by Crippen LogP contribution is 2.34. The summed E-state index contributed by atoms with van der Waals surface area (Å²) in [6.07, 6.45) is -0.626. The van der Waals surface area contributed by atoms with Crippen LogP contribution in [0.1, 0.15) is 199 Å². The van der Waals surface area contributed by atoms with E-state index in [0.717, 1.165) is 0 Å². The number of unbranched alkanes of at least 4 members (excludes halogenated alkanes) is 9. The average Bonchev–Trinajstić information content (AvgIpc) is 0.806. The Balaban J connectivity index is 1.36. The molecule has 39 heteroatoms. The number of hydrogen-bond donors (Lipinski definition) is 8. The summed E-state index contributed by atoms with van der Waals surface area (Å²) in [4.78, 5) is 187. The second-order valence-corrected chi connectivity index (χ2v) is 30.3. The standard InChI is InChI=1S/C79H130N8O31/c1-48-69(83-51(4)88)76(116-61(42-110-54(7)91)72(48)113-57(10)94)107-34-22-16-13-19-31-80-64(97)28-37-104-45-79(86-75(103)60-40-87(41-60)67(100)26-25-27-68(101)102,46-105-38-29-65(98)81-32-20-14-17-23-35-108-77-70(84-52(5)89)49(2)73(114-58(11)95)62(117-77)43-111-55(8)92)47-106-39-30-66(99)82-33-21-15-18-24-36-109-78-71(85-53(6)90)50(3)74(115-59(12)96)63(118-78)44-112-56(9)93/h48-50,60-63,69-74,76-78H,13-47H2,1-12H3,(H,80,97)(H,81,98)(H,82,99)(H,83,88)(H,84,89)(H,85,90)(H,86,103)(H,101,102). The molecule has 672 valence electrons. The predicted molar refractivity (Wildman–Crippen MR) is 414 cm³/mol. The fraction of sp³-hybridized carbons (Fsp3) is 0.810. The van der Waals surface area contributed by atoms with E-state index < -0.39 is 151 Å². The van der Waals surface area contributed by atoms with Crippen LogP contribution in [0.2, 0.25) is 0 Å². The number of carbonyl (C=O) groups is 15. The van der Waals surface area contributed by atoms with Crippen molar-refractivity contribution in [2.24, 2.45) is 23.7 Å². The van der Waals surface area contributed by atoms with E-state index in [2.05, 4.69) is 37.2 Å². The van der Waals surface area contributed by atoms with Crippen molar-refractivity contribution in [3.8, 4) is 0 Å². The molecule has 8 amide bonds. The first-order valence-corrected chi connectivity index (χ1v) is 41.0. The van der Waals surface area contributed by atoms with Gasteiger partial charge in [0.15, 0.2) is 18.9 Å². The first kappa shape index (κ1) is 102. The number of ether oxygens (including phenoxy) is 15. The Morgan fingerprint density at radius 2 is 0.686 bits per heavy atom. The fourth-order valence-electron chi connectivity index (χ4n) is 13.8. The van der Waals surface area contributed by atoms with Gasteiger partial charge in [-0.25, -0.2) is 0 Å². The molecule has 4 rings (SSSR count). The van der Waals surface area contributed by atoms with Crippen molar-refractivity contribution in [1.82, 2.24) is 42.1 Å². The van der Waals surface area contributed by atoms with E-state index in [0.29, 0.717) is 96.7 Å². The highest BCUT2D eigenvalue weighted by Gasteiger charge is 2.50. The van der Waals surface area contributed by atoms with Gasteiger partial charge < -0.3 is 118 Å². The summed E-state index contributed by atoms with van der Waals surface area (Å²) >= 11 is 0. The molecule has 118 heavy (non-hydrogen) atoms. The first-order chi connectivity index (χ1) is 56.1. The van der Waals surface area contributed by atoms with E-state index >= 15 is 0 Å². The smallest absolute Gasteiger partial charge is 0.303 e. The number of nitrogens with zero attached hydrogens (tertiary/aromatic N) is 1. The molecule has 0 bridgehead atoms. The van der Waals surface area contributed by atoms with E-state index in [1.807, 2.05) is 0 Å². The van der Waals surface area contributed by atoms with Crippen molar-refractivity contribution in [3.63, 3.8) is 0 Å². The van der Waals surface area contributed by atoms with Crippen molar-refractivity contribution in [2.45, 2.75) is 278 Å². The zero-order valence-electron chi connectivity index (χ0n) is 70.6. The molecular formula is C79H130N8O31. The maximum atomic E-state index is 14.3. The number of likely N-dealkylation sites (tertiary alicyclic amines) is 1. The highest BCUT2D eigenvalue weighted by atomic mass is 16.7. The number of carboxylic acid groups (broad SMARTS) is 1. The SMILES string of the molecule is CC(=O)NC1C(OCCCCCCNC(=O)CCOCC(COCCC(=O)NCCCCCCOC2OC(COC(C)=O)C(OC(C)=O)C(C)C2NC(C)=O)(COCCC(=O)NCCCCCCOC2OC(COC(C)=O)C(OC(C)=O)C(C)C2NC(C)=O)NC(=O)C2CN(C(=O)CCCC(=O)O)C2)OC(COC(C)=O)C(OC(C)=O)C1C. The molecule has 0 saturated carbocycles.